The summed E-state index contributed by atoms with van der Waals surface area (Å²) < 4.78 is 35.6. The van der Waals surface area contributed by atoms with Crippen LogP contribution in [0.4, 0.5) is 8.78 Å². The molecule has 1 aromatic carbocycles. The number of hydrogen-bond donors (Lipinski definition) is 2. The van der Waals surface area contributed by atoms with E-state index in [1.807, 2.05) is 0 Å². The molecule has 0 amide bonds. The Labute approximate surface area is 175 Å². The summed E-state index contributed by atoms with van der Waals surface area (Å²) in [5.74, 6) is -1.75. The standard InChI is InChI=1S/C23H20F2N2O4/c1-2-23(30)14-6-17-20-12(8-27(17)21(28)13(14)9-31-22(23)29)10-4-3-5-11-18(10)16(26-20)7-15(24)19(11)25/h6-7,22,29-30H,2-5,8-9H2,1H3/t22?,23-/m0/s1. The molecule has 1 unspecified atom stereocenters. The van der Waals surface area contributed by atoms with E-state index in [-0.39, 0.29) is 25.1 Å². The SMILES string of the molecule is CC[C@]1(O)c2cc3n(c(=O)c2COC1O)Cc1c-3nc2cc(F)c(F)c3c2c1CCC3. The fourth-order valence-electron chi connectivity index (χ4n) is 5.43. The minimum atomic E-state index is -1.71. The number of ether oxygens (including phenoxy) is 1. The van der Waals surface area contributed by atoms with Crippen LogP contribution in [0.5, 0.6) is 0 Å². The summed E-state index contributed by atoms with van der Waals surface area (Å²) in [6, 6.07) is 2.80. The van der Waals surface area contributed by atoms with Crippen molar-refractivity contribution in [2.45, 2.75) is 57.6 Å². The summed E-state index contributed by atoms with van der Waals surface area (Å²) in [5, 5.41) is 22.0. The second-order valence-electron chi connectivity index (χ2n) is 8.57. The van der Waals surface area contributed by atoms with E-state index in [2.05, 4.69) is 4.98 Å². The molecule has 31 heavy (non-hydrogen) atoms. The molecule has 2 aromatic heterocycles. The van der Waals surface area contributed by atoms with Gasteiger partial charge in [0.25, 0.3) is 5.56 Å². The number of rotatable bonds is 1. The maximum absolute atomic E-state index is 14.5. The maximum atomic E-state index is 14.5. The summed E-state index contributed by atoms with van der Waals surface area (Å²) in [6.45, 7) is 1.88. The van der Waals surface area contributed by atoms with E-state index in [4.69, 9.17) is 4.74 Å². The summed E-state index contributed by atoms with van der Waals surface area (Å²) in [4.78, 5) is 18.0. The number of fused-ring (bicyclic) bond motifs is 5. The lowest BCUT2D eigenvalue weighted by molar-refractivity contribution is -0.236. The molecule has 2 atom stereocenters. The van der Waals surface area contributed by atoms with Crippen LogP contribution >= 0.6 is 0 Å². The molecule has 6 nitrogen and oxygen atoms in total. The topological polar surface area (TPSA) is 84.6 Å². The number of halogens is 2. The van der Waals surface area contributed by atoms with Crippen LogP contribution in [0.25, 0.3) is 22.3 Å². The van der Waals surface area contributed by atoms with Gasteiger partial charge < -0.3 is 19.5 Å². The van der Waals surface area contributed by atoms with E-state index >= 15 is 0 Å². The highest BCUT2D eigenvalue weighted by atomic mass is 19.2. The van der Waals surface area contributed by atoms with Crippen LogP contribution in [0.15, 0.2) is 16.9 Å². The Balaban J connectivity index is 1.68. The van der Waals surface area contributed by atoms with Gasteiger partial charge in [-0.05, 0) is 37.3 Å². The molecule has 1 aliphatic carbocycles. The molecule has 0 spiro atoms. The fourth-order valence-corrected chi connectivity index (χ4v) is 5.43. The van der Waals surface area contributed by atoms with Gasteiger partial charge >= 0.3 is 0 Å². The molecular weight excluding hydrogens is 406 g/mol. The third kappa shape index (κ3) is 2.30. The molecule has 6 rings (SSSR count). The second kappa shape index (κ2) is 6.18. The van der Waals surface area contributed by atoms with Crippen molar-refractivity contribution in [1.29, 1.82) is 0 Å². The molecule has 2 aliphatic heterocycles. The van der Waals surface area contributed by atoms with Crippen molar-refractivity contribution in [3.63, 3.8) is 0 Å². The first-order valence-electron chi connectivity index (χ1n) is 10.5. The third-order valence-electron chi connectivity index (χ3n) is 7.09. The molecule has 3 aromatic rings. The maximum Gasteiger partial charge on any atom is 0.257 e. The minimum absolute atomic E-state index is 0.100. The number of hydrogen-bond acceptors (Lipinski definition) is 5. The molecule has 8 heteroatoms. The van der Waals surface area contributed by atoms with Gasteiger partial charge in [0.2, 0.25) is 0 Å². The largest absolute Gasteiger partial charge is 0.380 e. The van der Waals surface area contributed by atoms with Crippen LogP contribution in [0.3, 0.4) is 0 Å². The van der Waals surface area contributed by atoms with Crippen LogP contribution < -0.4 is 5.56 Å². The zero-order valence-corrected chi connectivity index (χ0v) is 16.8. The van der Waals surface area contributed by atoms with Crippen LogP contribution in [0, 0.1) is 11.6 Å². The molecule has 160 valence electrons. The molecule has 4 heterocycles. The number of benzene rings is 1. The Kier molecular flexibility index (Phi) is 3.80. The number of nitrogens with zero attached hydrogens (tertiary/aromatic N) is 2. The van der Waals surface area contributed by atoms with Crippen LogP contribution in [-0.2, 0) is 36.3 Å². The fraction of sp³-hybridized carbons (Fsp3) is 0.391. The predicted octanol–water partition coefficient (Wildman–Crippen LogP) is 2.64. The van der Waals surface area contributed by atoms with E-state index in [0.717, 1.165) is 17.2 Å². The number of pyridine rings is 2. The predicted molar refractivity (Wildman–Crippen MR) is 107 cm³/mol. The molecular formula is C23H20F2N2O4. The summed E-state index contributed by atoms with van der Waals surface area (Å²) in [7, 11) is 0. The van der Waals surface area contributed by atoms with Gasteiger partial charge in [0.05, 0.1) is 30.1 Å². The minimum Gasteiger partial charge on any atom is -0.380 e. The van der Waals surface area contributed by atoms with Gasteiger partial charge in [0.15, 0.2) is 17.9 Å². The highest BCUT2D eigenvalue weighted by Crippen LogP contribution is 2.43. The Morgan fingerprint density at radius 3 is 2.77 bits per heavy atom. The number of aliphatic hydroxyl groups is 2. The van der Waals surface area contributed by atoms with Gasteiger partial charge in [0.1, 0.15) is 5.60 Å². The summed E-state index contributed by atoms with van der Waals surface area (Å²) in [5.41, 5.74) is 2.13. The quantitative estimate of drug-likeness (QED) is 0.489. The zero-order chi connectivity index (χ0) is 21.7. The van der Waals surface area contributed by atoms with Crippen LogP contribution in [0.1, 0.15) is 47.6 Å². The van der Waals surface area contributed by atoms with Crippen molar-refractivity contribution in [2.24, 2.45) is 0 Å². The average molecular weight is 426 g/mol. The van der Waals surface area contributed by atoms with Gasteiger partial charge in [-0.3, -0.25) is 4.79 Å². The zero-order valence-electron chi connectivity index (χ0n) is 16.8. The molecule has 0 saturated heterocycles. The van der Waals surface area contributed by atoms with Gasteiger partial charge in [-0.25, -0.2) is 13.8 Å². The first-order chi connectivity index (χ1) is 14.8. The Morgan fingerprint density at radius 1 is 1.23 bits per heavy atom. The van der Waals surface area contributed by atoms with Crippen molar-refractivity contribution < 1.29 is 23.7 Å². The van der Waals surface area contributed by atoms with Crippen molar-refractivity contribution in [1.82, 2.24) is 9.55 Å². The normalized spacial score (nSPS) is 23.6. The molecule has 2 N–H and O–H groups in total. The smallest absolute Gasteiger partial charge is 0.257 e. The summed E-state index contributed by atoms with van der Waals surface area (Å²) in [6.07, 6.45) is 0.548. The molecule has 0 fully saturated rings. The Hall–Kier alpha value is -2.68. The lowest BCUT2D eigenvalue weighted by Gasteiger charge is -2.37. The molecule has 0 bridgehead atoms. The molecule has 0 saturated carbocycles. The highest BCUT2D eigenvalue weighted by molar-refractivity contribution is 5.91. The number of aliphatic hydroxyl groups excluding tert-OH is 1. The van der Waals surface area contributed by atoms with Gasteiger partial charge in [-0.1, -0.05) is 6.92 Å². The van der Waals surface area contributed by atoms with Gasteiger partial charge in [0, 0.05) is 33.7 Å². The van der Waals surface area contributed by atoms with E-state index in [1.165, 1.54) is 0 Å². The molecule has 3 aliphatic rings. The van der Waals surface area contributed by atoms with Gasteiger partial charge in [-0.2, -0.15) is 0 Å². The van der Waals surface area contributed by atoms with Crippen molar-refractivity contribution in [2.75, 3.05) is 0 Å². The first kappa shape index (κ1) is 19.0. The average Bonchev–Trinajstić information content (AvgIpc) is 3.14. The Bertz CT molecular complexity index is 1370. The van der Waals surface area contributed by atoms with Crippen molar-refractivity contribution in [3.8, 4) is 11.4 Å². The first-order valence-corrected chi connectivity index (χ1v) is 10.5. The third-order valence-corrected chi connectivity index (χ3v) is 7.09. The van der Waals surface area contributed by atoms with Crippen LogP contribution in [0.2, 0.25) is 0 Å². The lowest BCUT2D eigenvalue weighted by Crippen LogP contribution is -2.47. The highest BCUT2D eigenvalue weighted by Gasteiger charge is 2.44. The van der Waals surface area contributed by atoms with E-state index in [1.54, 1.807) is 17.6 Å². The van der Waals surface area contributed by atoms with E-state index < -0.39 is 23.5 Å². The second-order valence-corrected chi connectivity index (χ2v) is 8.57. The van der Waals surface area contributed by atoms with Gasteiger partial charge in [-0.15, -0.1) is 0 Å². The monoisotopic (exact) mass is 426 g/mol. The lowest BCUT2D eigenvalue weighted by atomic mass is 9.84. The number of aryl methyl sites for hydroxylation is 2. The van der Waals surface area contributed by atoms with Crippen molar-refractivity contribution >= 4 is 10.9 Å². The number of aromatic nitrogens is 2. The van der Waals surface area contributed by atoms with E-state index in [9.17, 15) is 23.8 Å². The van der Waals surface area contributed by atoms with Crippen molar-refractivity contribution in [3.05, 3.63) is 61.9 Å². The van der Waals surface area contributed by atoms with Crippen LogP contribution in [-0.4, -0.2) is 26.1 Å². The Morgan fingerprint density at radius 2 is 2.00 bits per heavy atom. The molecule has 0 radical (unpaired) electrons. The van der Waals surface area contributed by atoms with E-state index in [0.29, 0.717) is 58.2 Å². The summed E-state index contributed by atoms with van der Waals surface area (Å²) >= 11 is 0.